The largest absolute Gasteiger partial charge is 0.310 e. The van der Waals surface area contributed by atoms with E-state index in [1.54, 1.807) is 0 Å². The molecule has 5 heteroatoms. The number of anilines is 6. The Hall–Kier alpha value is -5.91. The number of aromatic nitrogens is 2. The molecule has 0 saturated carbocycles. The number of imidazole rings is 1. The first kappa shape index (κ1) is 38.9. The van der Waals surface area contributed by atoms with E-state index >= 15 is 0 Å². The average Bonchev–Trinajstić information content (AvgIpc) is 3.57. The summed E-state index contributed by atoms with van der Waals surface area (Å²) in [5.74, 6) is 0.930. The third-order valence-electron chi connectivity index (χ3n) is 11.0. The fraction of sp³-hybridized carbons (Fsp3) is 0.189. The molecular weight excluding hydrogens is 773 g/mol. The van der Waals surface area contributed by atoms with Crippen molar-refractivity contribution in [2.45, 2.75) is 66.2 Å². The molecule has 8 rings (SSSR count). The second-order valence-corrected chi connectivity index (χ2v) is 18.1. The van der Waals surface area contributed by atoms with Crippen molar-refractivity contribution >= 4 is 61.1 Å². The lowest BCUT2D eigenvalue weighted by atomic mass is 9.87. The lowest BCUT2D eigenvalue weighted by Crippen LogP contribution is -2.15. The van der Waals surface area contributed by atoms with Crippen molar-refractivity contribution in [2.75, 3.05) is 9.80 Å². The van der Waals surface area contributed by atoms with Crippen molar-refractivity contribution in [1.29, 1.82) is 0 Å². The quantitative estimate of drug-likeness (QED) is 0.153. The molecular formula is C53H51BrN4. The van der Waals surface area contributed by atoms with Gasteiger partial charge in [0.15, 0.2) is 0 Å². The predicted molar refractivity (Wildman–Crippen MR) is 250 cm³/mol. The maximum Gasteiger partial charge on any atom is 0.146 e. The third kappa shape index (κ3) is 7.47. The predicted octanol–water partition coefficient (Wildman–Crippen LogP) is 15.6. The lowest BCUT2D eigenvalue weighted by molar-refractivity contribution is 0.590. The van der Waals surface area contributed by atoms with Crippen LogP contribution in [-0.2, 0) is 10.8 Å². The highest BCUT2D eigenvalue weighted by molar-refractivity contribution is 9.10. The molecule has 0 unspecified atom stereocenters. The summed E-state index contributed by atoms with van der Waals surface area (Å²) in [5.41, 5.74) is 15.5. The normalized spacial score (nSPS) is 11.9. The van der Waals surface area contributed by atoms with E-state index in [4.69, 9.17) is 4.98 Å². The summed E-state index contributed by atoms with van der Waals surface area (Å²) >= 11 is 4.24. The molecule has 0 saturated heterocycles. The minimum atomic E-state index is -0.00854. The van der Waals surface area contributed by atoms with Gasteiger partial charge in [-0.3, -0.25) is 4.57 Å². The van der Waals surface area contributed by atoms with Crippen LogP contribution in [0, 0.1) is 13.8 Å². The van der Waals surface area contributed by atoms with E-state index in [2.05, 4.69) is 249 Å². The molecule has 0 bridgehead atoms. The summed E-state index contributed by atoms with van der Waals surface area (Å²) in [6, 6.07) is 58.9. The summed E-state index contributed by atoms with van der Waals surface area (Å²) < 4.78 is 3.31. The Bertz CT molecular complexity index is 2660. The second-order valence-electron chi connectivity index (χ2n) is 17.3. The minimum absolute atomic E-state index is 0.00854. The smallest absolute Gasteiger partial charge is 0.146 e. The van der Waals surface area contributed by atoms with E-state index in [1.807, 2.05) is 0 Å². The molecule has 4 nitrogen and oxygen atoms in total. The molecule has 7 aromatic carbocycles. The Kier molecular flexibility index (Phi) is 10.4. The van der Waals surface area contributed by atoms with Gasteiger partial charge in [-0.1, -0.05) is 126 Å². The Labute approximate surface area is 352 Å². The second kappa shape index (κ2) is 15.4. The Morgan fingerprint density at radius 1 is 0.483 bits per heavy atom. The molecule has 0 radical (unpaired) electrons. The first-order valence-electron chi connectivity index (χ1n) is 20.1. The average molecular weight is 824 g/mol. The van der Waals surface area contributed by atoms with Crippen LogP contribution < -0.4 is 9.80 Å². The van der Waals surface area contributed by atoms with Crippen LogP contribution in [0.3, 0.4) is 0 Å². The first-order chi connectivity index (χ1) is 27.8. The molecule has 1 heterocycles. The van der Waals surface area contributed by atoms with Crippen LogP contribution in [0.25, 0.3) is 28.1 Å². The molecule has 290 valence electrons. The molecule has 0 aliphatic rings. The van der Waals surface area contributed by atoms with Crippen molar-refractivity contribution < 1.29 is 0 Å². The number of rotatable bonds is 8. The van der Waals surface area contributed by atoms with Crippen LogP contribution in [0.15, 0.2) is 168 Å². The zero-order valence-corrected chi connectivity index (χ0v) is 36.3. The molecule has 1 aromatic heterocycles. The monoisotopic (exact) mass is 822 g/mol. The molecule has 0 fully saturated rings. The lowest BCUT2D eigenvalue weighted by Gasteiger charge is -2.31. The van der Waals surface area contributed by atoms with E-state index < -0.39 is 0 Å². The van der Waals surface area contributed by atoms with E-state index in [0.717, 1.165) is 66.7 Å². The van der Waals surface area contributed by atoms with Gasteiger partial charge >= 0.3 is 0 Å². The Morgan fingerprint density at radius 3 is 1.57 bits per heavy atom. The number of para-hydroxylation sites is 2. The third-order valence-corrected chi connectivity index (χ3v) is 11.8. The van der Waals surface area contributed by atoms with Crippen molar-refractivity contribution in [3.8, 4) is 17.1 Å². The number of aryl methyl sites for hydroxylation is 2. The Morgan fingerprint density at radius 2 is 0.983 bits per heavy atom. The van der Waals surface area contributed by atoms with Crippen molar-refractivity contribution in [3.63, 3.8) is 0 Å². The number of benzene rings is 7. The molecule has 0 atom stereocenters. The number of nitrogens with zero attached hydrogens (tertiary/aromatic N) is 4. The summed E-state index contributed by atoms with van der Waals surface area (Å²) in [6.45, 7) is 17.9. The van der Waals surface area contributed by atoms with Gasteiger partial charge < -0.3 is 9.80 Å². The minimum Gasteiger partial charge on any atom is -0.310 e. The highest BCUT2D eigenvalue weighted by Gasteiger charge is 2.25. The molecule has 0 aliphatic heterocycles. The van der Waals surface area contributed by atoms with E-state index in [-0.39, 0.29) is 10.8 Å². The number of halogens is 1. The van der Waals surface area contributed by atoms with E-state index in [9.17, 15) is 0 Å². The van der Waals surface area contributed by atoms with Crippen LogP contribution in [0.1, 0.15) is 63.8 Å². The maximum atomic E-state index is 5.43. The number of hydrogen-bond acceptors (Lipinski definition) is 3. The van der Waals surface area contributed by atoms with Gasteiger partial charge in [-0.25, -0.2) is 4.98 Å². The van der Waals surface area contributed by atoms with Crippen LogP contribution in [-0.4, -0.2) is 9.55 Å². The SMILES string of the molecule is Cc1cccc(C)c1-c1nc2cc(C(C)(C)C)ccc2n1-c1cccc(N(c2ccc(C(C)(C)C)cc2)c2cccc(N(c3ccccc3)c3ccccc3)c2)c1Br. The van der Waals surface area contributed by atoms with Crippen molar-refractivity contribution in [2.24, 2.45) is 0 Å². The number of fused-ring (bicyclic) bond motifs is 1. The van der Waals surface area contributed by atoms with Crippen molar-refractivity contribution in [1.82, 2.24) is 9.55 Å². The number of hydrogen-bond donors (Lipinski definition) is 0. The van der Waals surface area contributed by atoms with E-state index in [0.29, 0.717) is 0 Å². The summed E-state index contributed by atoms with van der Waals surface area (Å²) in [6.07, 6.45) is 0. The van der Waals surface area contributed by atoms with E-state index in [1.165, 1.54) is 22.3 Å². The first-order valence-corrected chi connectivity index (χ1v) is 20.9. The highest BCUT2D eigenvalue weighted by Crippen LogP contribution is 2.46. The standard InChI is InChI=1S/C53H51BrN4/c1-36-18-15-19-37(2)49(36)51-55-45-34-39(53(6,7)8)30-33-46(45)58(51)48-27-17-26-47(50(48)54)57(42-31-28-38(29-32-42)52(3,4)5)44-25-16-24-43(35-44)56(40-20-11-9-12-21-40)41-22-13-10-14-23-41/h9-35H,1-8H3. The highest BCUT2D eigenvalue weighted by atomic mass is 79.9. The summed E-state index contributed by atoms with van der Waals surface area (Å²) in [5, 5.41) is 0. The summed E-state index contributed by atoms with van der Waals surface area (Å²) in [4.78, 5) is 10.1. The van der Waals surface area contributed by atoms with Gasteiger partial charge in [0, 0.05) is 34.0 Å². The van der Waals surface area contributed by atoms with Gasteiger partial charge in [-0.15, -0.1) is 0 Å². The van der Waals surface area contributed by atoms with Crippen LogP contribution in [0.5, 0.6) is 0 Å². The molecule has 58 heavy (non-hydrogen) atoms. The molecule has 0 N–H and O–H groups in total. The zero-order chi connectivity index (χ0) is 40.8. The van der Waals surface area contributed by atoms with Gasteiger partial charge in [0.2, 0.25) is 0 Å². The van der Waals surface area contributed by atoms with Gasteiger partial charge in [0.1, 0.15) is 5.82 Å². The van der Waals surface area contributed by atoms with Crippen LogP contribution in [0.2, 0.25) is 0 Å². The maximum absolute atomic E-state index is 5.43. The molecule has 0 spiro atoms. The Balaban J connectivity index is 1.36. The fourth-order valence-corrected chi connectivity index (χ4v) is 8.51. The molecule has 8 aromatic rings. The molecule has 0 aliphatic carbocycles. The zero-order valence-electron chi connectivity index (χ0n) is 34.8. The van der Waals surface area contributed by atoms with Crippen LogP contribution >= 0.6 is 15.9 Å². The summed E-state index contributed by atoms with van der Waals surface area (Å²) in [7, 11) is 0. The van der Waals surface area contributed by atoms with Crippen molar-refractivity contribution in [3.05, 3.63) is 191 Å². The topological polar surface area (TPSA) is 24.3 Å². The van der Waals surface area contributed by atoms with Gasteiger partial charge in [-0.2, -0.15) is 0 Å². The fourth-order valence-electron chi connectivity index (χ4n) is 7.89. The molecule has 0 amide bonds. The van der Waals surface area contributed by atoms with Gasteiger partial charge in [-0.05, 0) is 142 Å². The van der Waals surface area contributed by atoms with Gasteiger partial charge in [0.05, 0.1) is 26.9 Å². The van der Waals surface area contributed by atoms with Gasteiger partial charge in [0.25, 0.3) is 0 Å². The van der Waals surface area contributed by atoms with Crippen LogP contribution in [0.4, 0.5) is 34.1 Å².